The fourth-order valence-corrected chi connectivity index (χ4v) is 2.85. The molecular formula is C18H23ClO. The molecule has 2 rings (SSSR count). The highest BCUT2D eigenvalue weighted by atomic mass is 35.5. The lowest BCUT2D eigenvalue weighted by Gasteiger charge is -2.24. The fraction of sp³-hybridized carbons (Fsp3) is 0.444. The molecule has 0 atom stereocenters. The van der Waals surface area contributed by atoms with Gasteiger partial charge in [0.15, 0.2) is 0 Å². The molecule has 0 fully saturated rings. The monoisotopic (exact) mass is 290 g/mol. The van der Waals surface area contributed by atoms with E-state index in [2.05, 4.69) is 39.0 Å². The molecule has 0 heterocycles. The Labute approximate surface area is 127 Å². The van der Waals surface area contributed by atoms with Gasteiger partial charge in [-0.05, 0) is 42.4 Å². The molecule has 0 saturated heterocycles. The quantitative estimate of drug-likeness (QED) is 0.715. The number of hydrogen-bond acceptors (Lipinski definition) is 1. The average molecular weight is 291 g/mol. The molecule has 1 aliphatic carbocycles. The molecule has 1 aromatic rings. The van der Waals surface area contributed by atoms with Gasteiger partial charge in [-0.2, -0.15) is 0 Å². The van der Waals surface area contributed by atoms with E-state index in [1.54, 1.807) is 7.11 Å². The molecule has 1 aliphatic rings. The predicted octanol–water partition coefficient (Wildman–Crippen LogP) is 5.47. The maximum atomic E-state index is 6.30. The van der Waals surface area contributed by atoms with Crippen LogP contribution in [0.15, 0.2) is 35.9 Å². The minimum absolute atomic E-state index is 0.0270. The summed E-state index contributed by atoms with van der Waals surface area (Å²) in [5.74, 6) is 0.994. The van der Waals surface area contributed by atoms with E-state index in [1.807, 2.05) is 12.1 Å². The van der Waals surface area contributed by atoms with E-state index in [0.29, 0.717) is 0 Å². The summed E-state index contributed by atoms with van der Waals surface area (Å²) in [4.78, 5) is 0. The number of aryl methyl sites for hydroxylation is 1. The number of hydrogen-bond donors (Lipinski definition) is 0. The van der Waals surface area contributed by atoms with Gasteiger partial charge >= 0.3 is 0 Å². The molecule has 1 nitrogen and oxygen atoms in total. The largest absolute Gasteiger partial charge is 0.496 e. The van der Waals surface area contributed by atoms with Crippen LogP contribution in [0, 0.1) is 0 Å². The van der Waals surface area contributed by atoms with Crippen LogP contribution in [0.4, 0.5) is 0 Å². The number of ether oxygens (including phenoxy) is 1. The normalized spacial score (nSPS) is 14.6. The van der Waals surface area contributed by atoms with E-state index in [4.69, 9.17) is 16.3 Å². The summed E-state index contributed by atoms with van der Waals surface area (Å²) in [6.07, 6.45) is 9.65. The third kappa shape index (κ3) is 3.46. The lowest BCUT2D eigenvalue weighted by molar-refractivity contribution is 0.392. The van der Waals surface area contributed by atoms with Crippen LogP contribution in [-0.4, -0.2) is 7.11 Å². The van der Waals surface area contributed by atoms with Gasteiger partial charge in [0.05, 0.1) is 7.11 Å². The Morgan fingerprint density at radius 2 is 1.95 bits per heavy atom. The van der Waals surface area contributed by atoms with E-state index in [0.717, 1.165) is 30.0 Å². The first-order valence-corrected chi connectivity index (χ1v) is 7.51. The second kappa shape index (κ2) is 6.05. The zero-order valence-corrected chi connectivity index (χ0v) is 13.6. The molecule has 0 saturated carbocycles. The van der Waals surface area contributed by atoms with Gasteiger partial charge in [0.1, 0.15) is 5.75 Å². The van der Waals surface area contributed by atoms with Crippen molar-refractivity contribution in [2.75, 3.05) is 7.11 Å². The van der Waals surface area contributed by atoms with E-state index in [1.165, 1.54) is 16.7 Å². The zero-order valence-electron chi connectivity index (χ0n) is 12.8. The Kier molecular flexibility index (Phi) is 4.59. The molecule has 2 heteroatoms. The average Bonchev–Trinajstić information content (AvgIpc) is 2.87. The predicted molar refractivity (Wildman–Crippen MR) is 86.9 cm³/mol. The molecule has 0 amide bonds. The molecule has 0 radical (unpaired) electrons. The molecule has 108 valence electrons. The molecule has 0 spiro atoms. The Bertz CT molecular complexity index is 547. The Morgan fingerprint density at radius 3 is 2.50 bits per heavy atom. The topological polar surface area (TPSA) is 9.23 Å². The summed E-state index contributed by atoms with van der Waals surface area (Å²) >= 11 is 6.30. The van der Waals surface area contributed by atoms with E-state index >= 15 is 0 Å². The summed E-state index contributed by atoms with van der Waals surface area (Å²) in [7, 11) is 1.75. The van der Waals surface area contributed by atoms with Gasteiger partial charge in [0.2, 0.25) is 0 Å². The van der Waals surface area contributed by atoms with Crippen molar-refractivity contribution in [3.05, 3.63) is 52.1 Å². The first kappa shape index (κ1) is 15.2. The fourth-order valence-electron chi connectivity index (χ4n) is 2.61. The minimum atomic E-state index is 0.0270. The van der Waals surface area contributed by atoms with Crippen LogP contribution >= 0.6 is 11.6 Å². The van der Waals surface area contributed by atoms with Gasteiger partial charge in [-0.1, -0.05) is 56.2 Å². The van der Waals surface area contributed by atoms with Crippen LogP contribution in [0.1, 0.15) is 44.7 Å². The number of rotatable bonds is 4. The van der Waals surface area contributed by atoms with Crippen molar-refractivity contribution in [2.45, 2.75) is 45.4 Å². The molecular weight excluding hydrogens is 268 g/mol. The first-order valence-electron chi connectivity index (χ1n) is 7.13. The molecule has 0 N–H and O–H groups in total. The summed E-state index contributed by atoms with van der Waals surface area (Å²) in [6, 6.07) is 4.07. The highest BCUT2D eigenvalue weighted by molar-refractivity contribution is 6.30. The van der Waals surface area contributed by atoms with Gasteiger partial charge in [0, 0.05) is 10.6 Å². The van der Waals surface area contributed by atoms with Crippen molar-refractivity contribution in [2.24, 2.45) is 0 Å². The Hall–Kier alpha value is -1.21. The van der Waals surface area contributed by atoms with Gasteiger partial charge in [-0.25, -0.2) is 0 Å². The number of halogens is 1. The summed E-state index contributed by atoms with van der Waals surface area (Å²) < 4.78 is 5.68. The second-order valence-corrected chi connectivity index (χ2v) is 6.79. The highest BCUT2D eigenvalue weighted by Crippen LogP contribution is 2.37. The highest BCUT2D eigenvalue weighted by Gasteiger charge is 2.22. The van der Waals surface area contributed by atoms with E-state index in [-0.39, 0.29) is 5.41 Å². The van der Waals surface area contributed by atoms with Crippen molar-refractivity contribution >= 4 is 11.6 Å². The SMILES string of the molecule is COc1c(CCC2=CC=CC2)cc(Cl)cc1C(C)(C)C. The summed E-state index contributed by atoms with van der Waals surface area (Å²) in [5, 5.41) is 0.796. The Morgan fingerprint density at radius 1 is 1.20 bits per heavy atom. The summed E-state index contributed by atoms with van der Waals surface area (Å²) in [5.41, 5.74) is 3.89. The van der Waals surface area contributed by atoms with Gasteiger partial charge < -0.3 is 4.74 Å². The number of allylic oxidation sites excluding steroid dienone is 4. The van der Waals surface area contributed by atoms with E-state index in [9.17, 15) is 0 Å². The lowest BCUT2D eigenvalue weighted by Crippen LogP contribution is -2.14. The van der Waals surface area contributed by atoms with Crippen molar-refractivity contribution < 1.29 is 4.74 Å². The van der Waals surface area contributed by atoms with Crippen LogP contribution < -0.4 is 4.74 Å². The lowest BCUT2D eigenvalue weighted by atomic mass is 9.84. The molecule has 0 unspecified atom stereocenters. The standard InChI is InChI=1S/C18H23ClO/c1-18(2,3)16-12-15(19)11-14(17(16)20-4)10-9-13-7-5-6-8-13/h5-7,11-12H,8-10H2,1-4H3. The zero-order chi connectivity index (χ0) is 14.8. The molecule has 1 aromatic carbocycles. The van der Waals surface area contributed by atoms with Crippen molar-refractivity contribution in [1.29, 1.82) is 0 Å². The van der Waals surface area contributed by atoms with Crippen molar-refractivity contribution in [3.8, 4) is 5.75 Å². The van der Waals surface area contributed by atoms with Crippen LogP contribution in [0.2, 0.25) is 5.02 Å². The van der Waals surface area contributed by atoms with Crippen LogP contribution in [0.25, 0.3) is 0 Å². The Balaban J connectivity index is 2.29. The van der Waals surface area contributed by atoms with Crippen LogP contribution in [0.5, 0.6) is 5.75 Å². The van der Waals surface area contributed by atoms with Gasteiger partial charge in [0.25, 0.3) is 0 Å². The van der Waals surface area contributed by atoms with Crippen molar-refractivity contribution in [3.63, 3.8) is 0 Å². The van der Waals surface area contributed by atoms with E-state index < -0.39 is 0 Å². The number of benzene rings is 1. The molecule has 0 aromatic heterocycles. The van der Waals surface area contributed by atoms with Crippen molar-refractivity contribution in [1.82, 2.24) is 0 Å². The second-order valence-electron chi connectivity index (χ2n) is 6.35. The third-order valence-electron chi connectivity index (χ3n) is 3.71. The van der Waals surface area contributed by atoms with Crippen LogP contribution in [-0.2, 0) is 11.8 Å². The molecule has 0 aliphatic heterocycles. The minimum Gasteiger partial charge on any atom is -0.496 e. The van der Waals surface area contributed by atoms with Gasteiger partial charge in [-0.3, -0.25) is 0 Å². The van der Waals surface area contributed by atoms with Gasteiger partial charge in [-0.15, -0.1) is 0 Å². The van der Waals surface area contributed by atoms with Crippen LogP contribution in [0.3, 0.4) is 0 Å². The number of methoxy groups -OCH3 is 1. The molecule has 0 bridgehead atoms. The third-order valence-corrected chi connectivity index (χ3v) is 3.92. The summed E-state index contributed by atoms with van der Waals surface area (Å²) in [6.45, 7) is 6.57. The molecule has 20 heavy (non-hydrogen) atoms. The maximum Gasteiger partial charge on any atom is 0.125 e. The first-order chi connectivity index (χ1) is 9.41. The smallest absolute Gasteiger partial charge is 0.125 e. The maximum absolute atomic E-state index is 6.30.